The topological polar surface area (TPSA) is 68.2 Å². The second-order valence-corrected chi connectivity index (χ2v) is 9.58. The zero-order chi connectivity index (χ0) is 28.2. The molecule has 5 rings (SSSR count). The highest BCUT2D eigenvalue weighted by Gasteiger charge is 2.22. The summed E-state index contributed by atoms with van der Waals surface area (Å²) in [5.74, 6) is 3.36. The van der Waals surface area contributed by atoms with Gasteiger partial charge in [-0.15, -0.1) is 0 Å². The highest BCUT2D eigenvalue weighted by molar-refractivity contribution is 5.97. The summed E-state index contributed by atoms with van der Waals surface area (Å²) < 4.78 is 29.4. The summed E-state index contributed by atoms with van der Waals surface area (Å²) in [6.45, 7) is 8.01. The normalized spacial score (nSPS) is 12.4. The van der Waals surface area contributed by atoms with Gasteiger partial charge in [0, 0.05) is 35.8 Å². The second-order valence-electron chi connectivity index (χ2n) is 9.58. The summed E-state index contributed by atoms with van der Waals surface area (Å²) in [5.41, 5.74) is 4.64. The Kier molecular flexibility index (Phi) is 10.9. The molecule has 3 aromatic carbocycles. The van der Waals surface area contributed by atoms with Crippen molar-refractivity contribution in [3.63, 3.8) is 0 Å². The van der Waals surface area contributed by atoms with E-state index in [4.69, 9.17) is 18.9 Å². The van der Waals surface area contributed by atoms with Crippen molar-refractivity contribution in [2.45, 2.75) is 33.2 Å². The number of carbonyl (C=O) groups excluding carboxylic acids is 1. The molecule has 0 radical (unpaired) electrons. The lowest BCUT2D eigenvalue weighted by atomic mass is 10.0. The molecule has 0 saturated heterocycles. The van der Waals surface area contributed by atoms with Gasteiger partial charge in [-0.2, -0.15) is 0 Å². The molecule has 0 unspecified atom stereocenters. The van der Waals surface area contributed by atoms with Gasteiger partial charge in [-0.05, 0) is 86.2 Å². The predicted octanol–water partition coefficient (Wildman–Crippen LogP) is 6.75. The molecular formula is C33H39NO6. The minimum atomic E-state index is 0.431. The molecule has 0 aliphatic heterocycles. The number of nitrogens with zero attached hydrogens (tertiary/aromatic N) is 1. The molecule has 1 aromatic heterocycles. The van der Waals surface area contributed by atoms with E-state index in [9.17, 15) is 4.79 Å². The molecule has 7 heteroatoms. The molecule has 0 amide bonds. The van der Waals surface area contributed by atoms with Crippen molar-refractivity contribution < 1.29 is 28.5 Å². The molecule has 0 atom stereocenters. The minimum absolute atomic E-state index is 0.431. The molecule has 4 aromatic rings. The number of aromatic nitrogens is 1. The van der Waals surface area contributed by atoms with E-state index in [1.807, 2.05) is 31.2 Å². The van der Waals surface area contributed by atoms with Gasteiger partial charge in [-0.3, -0.25) is 4.79 Å². The van der Waals surface area contributed by atoms with Crippen LogP contribution in [0.3, 0.4) is 0 Å². The Bertz CT molecular complexity index is 1360. The van der Waals surface area contributed by atoms with Crippen LogP contribution in [0.2, 0.25) is 0 Å². The predicted molar refractivity (Wildman–Crippen MR) is 157 cm³/mol. The number of methoxy groups -OCH3 is 1. The maximum absolute atomic E-state index is 9.18. The summed E-state index contributed by atoms with van der Waals surface area (Å²) in [6.07, 6.45) is 4.79. The number of rotatable bonds is 14. The molecule has 7 nitrogen and oxygen atoms in total. The summed E-state index contributed by atoms with van der Waals surface area (Å²) in [6, 6.07) is 23.0. The molecule has 1 fully saturated rings. The van der Waals surface area contributed by atoms with Crippen LogP contribution in [0.1, 0.15) is 32.3 Å². The number of fused-ring (bicyclic) bond motifs is 1. The van der Waals surface area contributed by atoms with Gasteiger partial charge in [0.2, 0.25) is 0 Å². The SMILES string of the molecule is CCOC=O.CCOCCOc1ccc2c(c1)c(-c1cccc(OCC3CC3)c1)cn2Cc1cccc(OC)c1. The maximum atomic E-state index is 9.18. The van der Waals surface area contributed by atoms with E-state index in [0.29, 0.717) is 32.9 Å². The fourth-order valence-electron chi connectivity index (χ4n) is 4.38. The maximum Gasteiger partial charge on any atom is 0.293 e. The van der Waals surface area contributed by atoms with Gasteiger partial charge in [0.25, 0.3) is 6.47 Å². The Labute approximate surface area is 236 Å². The molecule has 0 spiro atoms. The van der Waals surface area contributed by atoms with Crippen molar-refractivity contribution in [2.24, 2.45) is 5.92 Å². The fourth-order valence-corrected chi connectivity index (χ4v) is 4.38. The average Bonchev–Trinajstić information content (AvgIpc) is 3.76. The van der Waals surface area contributed by atoms with Gasteiger partial charge in [-0.25, -0.2) is 0 Å². The van der Waals surface area contributed by atoms with Crippen molar-refractivity contribution in [3.05, 3.63) is 78.5 Å². The number of hydrogen-bond donors (Lipinski definition) is 0. The van der Waals surface area contributed by atoms with Crippen molar-refractivity contribution in [3.8, 4) is 28.4 Å². The van der Waals surface area contributed by atoms with Crippen LogP contribution in [0.15, 0.2) is 72.9 Å². The Morgan fingerprint density at radius 3 is 2.40 bits per heavy atom. The zero-order valence-corrected chi connectivity index (χ0v) is 23.6. The lowest BCUT2D eigenvalue weighted by Gasteiger charge is -2.09. The van der Waals surface area contributed by atoms with Crippen molar-refractivity contribution in [2.75, 3.05) is 40.1 Å². The van der Waals surface area contributed by atoms with E-state index in [1.54, 1.807) is 14.0 Å². The second kappa shape index (κ2) is 15.0. The molecule has 40 heavy (non-hydrogen) atoms. The summed E-state index contributed by atoms with van der Waals surface area (Å²) >= 11 is 0. The first-order valence-electron chi connectivity index (χ1n) is 13.9. The van der Waals surface area contributed by atoms with Gasteiger partial charge >= 0.3 is 0 Å². The van der Waals surface area contributed by atoms with E-state index in [2.05, 4.69) is 58.0 Å². The van der Waals surface area contributed by atoms with Crippen LogP contribution in [0.5, 0.6) is 17.2 Å². The van der Waals surface area contributed by atoms with Gasteiger partial charge in [0.15, 0.2) is 0 Å². The van der Waals surface area contributed by atoms with Crippen LogP contribution in [0.4, 0.5) is 0 Å². The highest BCUT2D eigenvalue weighted by atomic mass is 16.5. The van der Waals surface area contributed by atoms with Gasteiger partial charge < -0.3 is 28.3 Å². The van der Waals surface area contributed by atoms with Crippen molar-refractivity contribution >= 4 is 17.4 Å². The average molecular weight is 546 g/mol. The third kappa shape index (κ3) is 8.26. The fraction of sp³-hybridized carbons (Fsp3) is 0.364. The molecule has 1 heterocycles. The van der Waals surface area contributed by atoms with Crippen LogP contribution in [0.25, 0.3) is 22.0 Å². The van der Waals surface area contributed by atoms with Gasteiger partial charge in [0.05, 0.1) is 26.9 Å². The van der Waals surface area contributed by atoms with E-state index >= 15 is 0 Å². The van der Waals surface area contributed by atoms with E-state index in [1.165, 1.54) is 18.4 Å². The number of ether oxygens (including phenoxy) is 5. The van der Waals surface area contributed by atoms with Crippen LogP contribution in [-0.4, -0.2) is 51.2 Å². The number of hydrogen-bond acceptors (Lipinski definition) is 6. The van der Waals surface area contributed by atoms with E-state index in [0.717, 1.165) is 58.3 Å². The number of carbonyl (C=O) groups is 1. The standard InChI is InChI=1S/C30H33NO4.C3H6O2/c1-3-33-14-15-34-27-12-13-30-28(18-27)29(20-31(30)19-23-6-4-8-25(16-23)32-2)24-7-5-9-26(17-24)35-21-22-10-11-22;1-2-5-3-4/h4-9,12-13,16-18,20,22H,3,10-11,14-15,19,21H2,1-2H3;3H,2H2,1H3. The van der Waals surface area contributed by atoms with Crippen LogP contribution >= 0.6 is 0 Å². The molecule has 1 aliphatic carbocycles. The summed E-state index contributed by atoms with van der Waals surface area (Å²) in [4.78, 5) is 9.18. The largest absolute Gasteiger partial charge is 0.497 e. The van der Waals surface area contributed by atoms with Crippen LogP contribution in [0, 0.1) is 5.92 Å². The Hall–Kier alpha value is -3.97. The van der Waals surface area contributed by atoms with Crippen molar-refractivity contribution in [1.29, 1.82) is 0 Å². The Morgan fingerprint density at radius 1 is 0.875 bits per heavy atom. The molecule has 212 valence electrons. The van der Waals surface area contributed by atoms with Crippen LogP contribution < -0.4 is 14.2 Å². The van der Waals surface area contributed by atoms with E-state index < -0.39 is 0 Å². The van der Waals surface area contributed by atoms with Gasteiger partial charge in [0.1, 0.15) is 23.9 Å². The summed E-state index contributed by atoms with van der Waals surface area (Å²) in [7, 11) is 1.70. The highest BCUT2D eigenvalue weighted by Crippen LogP contribution is 2.36. The monoisotopic (exact) mass is 545 g/mol. The van der Waals surface area contributed by atoms with Crippen LogP contribution in [-0.2, 0) is 20.8 Å². The Balaban J connectivity index is 0.000000681. The Morgan fingerprint density at radius 2 is 1.68 bits per heavy atom. The quantitative estimate of drug-likeness (QED) is 0.129. The third-order valence-electron chi connectivity index (χ3n) is 6.60. The first kappa shape index (κ1) is 29.0. The van der Waals surface area contributed by atoms with Crippen molar-refractivity contribution in [1.82, 2.24) is 4.57 Å². The molecule has 0 bridgehead atoms. The lowest BCUT2D eigenvalue weighted by Crippen LogP contribution is -2.06. The lowest BCUT2D eigenvalue weighted by molar-refractivity contribution is -0.128. The first-order chi connectivity index (χ1) is 19.6. The first-order valence-corrected chi connectivity index (χ1v) is 13.9. The molecule has 1 aliphatic rings. The smallest absolute Gasteiger partial charge is 0.293 e. The zero-order valence-electron chi connectivity index (χ0n) is 23.6. The molecule has 0 N–H and O–H groups in total. The molecule has 1 saturated carbocycles. The molecular weight excluding hydrogens is 506 g/mol. The third-order valence-corrected chi connectivity index (χ3v) is 6.60. The van der Waals surface area contributed by atoms with E-state index in [-0.39, 0.29) is 0 Å². The van der Waals surface area contributed by atoms with Gasteiger partial charge in [-0.1, -0.05) is 24.3 Å². The minimum Gasteiger partial charge on any atom is -0.497 e. The summed E-state index contributed by atoms with van der Waals surface area (Å²) in [5, 5.41) is 1.15. The number of benzene rings is 3.